The average Bonchev–Trinajstić information content (AvgIpc) is 3.27. The minimum Gasteiger partial charge on any atom is -0.481 e. The molecule has 4 aromatic rings. The van der Waals surface area contributed by atoms with Crippen molar-refractivity contribution >= 4 is 17.4 Å². The van der Waals surface area contributed by atoms with Gasteiger partial charge in [-0.05, 0) is 74.1 Å². The standard InChI is InChI=1S/C28H30N4O3/c1-3-22-13-14-25-27(21-15-19(2)16-29-17-21)23(11-7-8-12-26(33)34)24(31-32(22)25)18-30-28(35)20-9-5-4-6-10-20/h4-6,9-10,13-17H,3,7-8,11-12,18H2,1-2H3,(H,30,35)(H,33,34). The number of aryl methyl sites for hydroxylation is 2. The van der Waals surface area contributed by atoms with E-state index in [1.165, 1.54) is 0 Å². The molecule has 0 bridgehead atoms. The summed E-state index contributed by atoms with van der Waals surface area (Å²) in [5.74, 6) is -0.956. The average molecular weight is 471 g/mol. The van der Waals surface area contributed by atoms with E-state index in [9.17, 15) is 9.59 Å². The van der Waals surface area contributed by atoms with Crippen LogP contribution in [0.5, 0.6) is 0 Å². The third-order valence-electron chi connectivity index (χ3n) is 6.11. The summed E-state index contributed by atoms with van der Waals surface area (Å²) in [7, 11) is 0. The number of hydrogen-bond acceptors (Lipinski definition) is 4. The van der Waals surface area contributed by atoms with E-state index in [0.29, 0.717) is 24.8 Å². The molecule has 0 aliphatic carbocycles. The number of fused-ring (bicyclic) bond motifs is 1. The molecule has 0 aliphatic rings. The van der Waals surface area contributed by atoms with Crippen molar-refractivity contribution in [1.82, 2.24) is 19.9 Å². The third kappa shape index (κ3) is 5.57. The van der Waals surface area contributed by atoms with Gasteiger partial charge >= 0.3 is 5.97 Å². The van der Waals surface area contributed by atoms with Crippen LogP contribution in [0.1, 0.15) is 59.1 Å². The van der Waals surface area contributed by atoms with Crippen molar-refractivity contribution in [2.75, 3.05) is 0 Å². The molecule has 0 fully saturated rings. The first kappa shape index (κ1) is 24.1. The number of nitrogens with zero attached hydrogens (tertiary/aromatic N) is 3. The lowest BCUT2D eigenvalue weighted by Gasteiger charge is -2.18. The molecule has 0 unspecified atom stereocenters. The molecule has 7 heteroatoms. The second kappa shape index (κ2) is 11.0. The summed E-state index contributed by atoms with van der Waals surface area (Å²) < 4.78 is 1.96. The van der Waals surface area contributed by atoms with E-state index in [-0.39, 0.29) is 18.9 Å². The van der Waals surface area contributed by atoms with Crippen LogP contribution in [0.4, 0.5) is 0 Å². The van der Waals surface area contributed by atoms with E-state index in [0.717, 1.165) is 45.6 Å². The van der Waals surface area contributed by atoms with E-state index in [2.05, 4.69) is 35.4 Å². The Morgan fingerprint density at radius 1 is 1.06 bits per heavy atom. The van der Waals surface area contributed by atoms with Crippen molar-refractivity contribution in [2.24, 2.45) is 0 Å². The van der Waals surface area contributed by atoms with Gasteiger partial charge in [-0.2, -0.15) is 5.10 Å². The molecule has 0 atom stereocenters. The van der Waals surface area contributed by atoms with Crippen LogP contribution in [0.2, 0.25) is 0 Å². The molecule has 0 radical (unpaired) electrons. The number of benzene rings is 1. The van der Waals surface area contributed by atoms with Gasteiger partial charge in [0.1, 0.15) is 0 Å². The van der Waals surface area contributed by atoms with Crippen molar-refractivity contribution in [1.29, 1.82) is 0 Å². The van der Waals surface area contributed by atoms with Gasteiger partial charge < -0.3 is 10.4 Å². The first-order chi connectivity index (χ1) is 17.0. The first-order valence-corrected chi connectivity index (χ1v) is 12.0. The summed E-state index contributed by atoms with van der Waals surface area (Å²) in [5.41, 5.74) is 7.53. The van der Waals surface area contributed by atoms with E-state index in [4.69, 9.17) is 10.2 Å². The lowest BCUT2D eigenvalue weighted by molar-refractivity contribution is -0.137. The number of carboxylic acid groups (broad SMARTS) is 1. The lowest BCUT2D eigenvalue weighted by atomic mass is 9.94. The van der Waals surface area contributed by atoms with E-state index in [1.54, 1.807) is 12.1 Å². The summed E-state index contributed by atoms with van der Waals surface area (Å²) in [6.07, 6.45) is 6.56. The smallest absolute Gasteiger partial charge is 0.303 e. The van der Waals surface area contributed by atoms with Crippen LogP contribution in [-0.2, 0) is 24.2 Å². The number of aliphatic carboxylic acids is 1. The predicted octanol–water partition coefficient (Wildman–Crippen LogP) is 4.99. The van der Waals surface area contributed by atoms with Gasteiger partial charge in [-0.1, -0.05) is 25.1 Å². The van der Waals surface area contributed by atoms with Crippen LogP contribution in [0.3, 0.4) is 0 Å². The molecule has 1 aromatic carbocycles. The SMILES string of the molecule is CCc1ccc2c(-c3cncc(C)c3)c(CCCCC(=O)O)c(CNC(=O)c3ccccc3)nn12. The highest BCUT2D eigenvalue weighted by Gasteiger charge is 2.20. The number of carbonyl (C=O) groups excluding carboxylic acids is 1. The van der Waals surface area contributed by atoms with Crippen molar-refractivity contribution < 1.29 is 14.7 Å². The summed E-state index contributed by atoms with van der Waals surface area (Å²) >= 11 is 0. The van der Waals surface area contributed by atoms with Crippen LogP contribution >= 0.6 is 0 Å². The van der Waals surface area contributed by atoms with Crippen molar-refractivity contribution in [3.8, 4) is 11.1 Å². The zero-order chi connectivity index (χ0) is 24.8. The normalized spacial score (nSPS) is 11.0. The van der Waals surface area contributed by atoms with Crippen LogP contribution in [0, 0.1) is 6.92 Å². The Bertz CT molecular complexity index is 1350. The van der Waals surface area contributed by atoms with Crippen molar-refractivity contribution in [2.45, 2.75) is 52.5 Å². The quantitative estimate of drug-likeness (QED) is 0.318. The fraction of sp³-hybridized carbons (Fsp3) is 0.286. The molecule has 0 spiro atoms. The van der Waals surface area contributed by atoms with Crippen molar-refractivity contribution in [3.05, 3.63) is 89.0 Å². The highest BCUT2D eigenvalue weighted by molar-refractivity contribution is 5.94. The molecule has 2 N–H and O–H groups in total. The zero-order valence-corrected chi connectivity index (χ0v) is 20.1. The Labute approximate surface area is 204 Å². The van der Waals surface area contributed by atoms with Crippen LogP contribution < -0.4 is 5.32 Å². The fourth-order valence-electron chi connectivity index (χ4n) is 4.38. The molecule has 3 aromatic heterocycles. The maximum Gasteiger partial charge on any atom is 0.303 e. The molecule has 35 heavy (non-hydrogen) atoms. The number of amides is 1. The number of hydrogen-bond donors (Lipinski definition) is 2. The van der Waals surface area contributed by atoms with Gasteiger partial charge in [0.2, 0.25) is 0 Å². The predicted molar refractivity (Wildman–Crippen MR) is 135 cm³/mol. The van der Waals surface area contributed by atoms with E-state index < -0.39 is 5.97 Å². The van der Waals surface area contributed by atoms with Crippen LogP contribution in [0.25, 0.3) is 16.6 Å². The molecule has 7 nitrogen and oxygen atoms in total. The van der Waals surface area contributed by atoms with Gasteiger partial charge in [-0.25, -0.2) is 4.52 Å². The Morgan fingerprint density at radius 2 is 1.86 bits per heavy atom. The Kier molecular flexibility index (Phi) is 7.55. The summed E-state index contributed by atoms with van der Waals surface area (Å²) in [6, 6.07) is 15.4. The molecular weight excluding hydrogens is 440 g/mol. The second-order valence-electron chi connectivity index (χ2n) is 8.68. The molecular formula is C28H30N4O3. The molecule has 4 rings (SSSR count). The summed E-state index contributed by atoms with van der Waals surface area (Å²) in [4.78, 5) is 28.3. The van der Waals surface area contributed by atoms with Gasteiger partial charge in [0.15, 0.2) is 0 Å². The van der Waals surface area contributed by atoms with Gasteiger partial charge in [-0.3, -0.25) is 14.6 Å². The maximum absolute atomic E-state index is 12.8. The molecule has 3 heterocycles. The number of aromatic nitrogens is 3. The number of carbonyl (C=O) groups is 2. The Hall–Kier alpha value is -4.00. The number of carboxylic acids is 1. The Morgan fingerprint density at radius 3 is 2.57 bits per heavy atom. The molecule has 0 saturated carbocycles. The van der Waals surface area contributed by atoms with E-state index in [1.807, 2.05) is 42.0 Å². The topological polar surface area (TPSA) is 96.6 Å². The molecule has 0 saturated heterocycles. The molecule has 0 aliphatic heterocycles. The zero-order valence-electron chi connectivity index (χ0n) is 20.1. The highest BCUT2D eigenvalue weighted by Crippen LogP contribution is 2.33. The molecule has 180 valence electrons. The Balaban J connectivity index is 1.79. The van der Waals surface area contributed by atoms with Crippen LogP contribution in [0.15, 0.2) is 60.9 Å². The number of pyridine rings is 1. The highest BCUT2D eigenvalue weighted by atomic mass is 16.4. The van der Waals surface area contributed by atoms with E-state index >= 15 is 0 Å². The van der Waals surface area contributed by atoms with Crippen molar-refractivity contribution in [3.63, 3.8) is 0 Å². The summed E-state index contributed by atoms with van der Waals surface area (Å²) in [6.45, 7) is 4.37. The largest absolute Gasteiger partial charge is 0.481 e. The third-order valence-corrected chi connectivity index (χ3v) is 6.11. The second-order valence-corrected chi connectivity index (χ2v) is 8.68. The number of unbranched alkanes of at least 4 members (excludes halogenated alkanes) is 1. The number of nitrogens with one attached hydrogen (secondary N) is 1. The fourth-order valence-corrected chi connectivity index (χ4v) is 4.38. The number of rotatable bonds is 10. The molecule has 1 amide bonds. The monoisotopic (exact) mass is 470 g/mol. The van der Waals surface area contributed by atoms with Crippen LogP contribution in [-0.4, -0.2) is 31.6 Å². The minimum absolute atomic E-state index is 0.127. The van der Waals surface area contributed by atoms with Gasteiger partial charge in [-0.15, -0.1) is 0 Å². The minimum atomic E-state index is -0.795. The van der Waals surface area contributed by atoms with Gasteiger partial charge in [0.25, 0.3) is 5.91 Å². The summed E-state index contributed by atoms with van der Waals surface area (Å²) in [5, 5.41) is 17.1. The van der Waals surface area contributed by atoms with Gasteiger partial charge in [0.05, 0.1) is 17.8 Å². The maximum atomic E-state index is 12.8. The first-order valence-electron chi connectivity index (χ1n) is 12.0. The lowest BCUT2D eigenvalue weighted by Crippen LogP contribution is -2.25. The van der Waals surface area contributed by atoms with Gasteiger partial charge in [0, 0.05) is 41.2 Å².